The lowest BCUT2D eigenvalue weighted by Gasteiger charge is -2.40. The third-order valence-electron chi connectivity index (χ3n) is 7.39. The molecule has 2 aromatic carbocycles. The number of hydrogen-bond donors (Lipinski definition) is 1. The lowest BCUT2D eigenvalue weighted by Crippen LogP contribution is -2.54. The molecule has 2 fully saturated rings. The molecule has 0 bridgehead atoms. The maximum absolute atomic E-state index is 13.6. The standard InChI is InChI=1S/C27H38FN3O3S/c1-30(2)35(32,33)29-27-15-16-31(18-21-7-4-3-5-8-21)19-24(27)20-34-26-13-11-22(12-14-26)23-9-6-10-25(28)17-23/h3-10,17,22,24,26-27,29H,11-16,18-20H2,1-2H3/t22?,24?,26?,27-/m0/s1. The molecule has 2 atom stereocenters. The number of hydrogen-bond acceptors (Lipinski definition) is 4. The summed E-state index contributed by atoms with van der Waals surface area (Å²) >= 11 is 0. The van der Waals surface area contributed by atoms with Crippen molar-refractivity contribution in [2.45, 2.75) is 56.7 Å². The molecule has 4 rings (SSSR count). The number of rotatable bonds is 9. The fourth-order valence-corrected chi connectivity index (χ4v) is 6.20. The van der Waals surface area contributed by atoms with Crippen LogP contribution in [0.4, 0.5) is 4.39 Å². The summed E-state index contributed by atoms with van der Waals surface area (Å²) in [6.45, 7) is 3.00. The van der Waals surface area contributed by atoms with Crippen LogP contribution < -0.4 is 4.72 Å². The predicted octanol–water partition coefficient (Wildman–Crippen LogP) is 4.16. The van der Waals surface area contributed by atoms with Crippen LogP contribution in [0, 0.1) is 11.7 Å². The van der Waals surface area contributed by atoms with Gasteiger partial charge in [0.1, 0.15) is 5.82 Å². The molecule has 1 unspecified atom stereocenters. The van der Waals surface area contributed by atoms with E-state index < -0.39 is 10.2 Å². The Morgan fingerprint density at radius 1 is 1.03 bits per heavy atom. The molecule has 8 heteroatoms. The van der Waals surface area contributed by atoms with Gasteiger partial charge in [0.2, 0.25) is 0 Å². The fraction of sp³-hybridized carbons (Fsp3) is 0.556. The van der Waals surface area contributed by atoms with Gasteiger partial charge in [0.05, 0.1) is 12.7 Å². The van der Waals surface area contributed by atoms with E-state index >= 15 is 0 Å². The summed E-state index contributed by atoms with van der Waals surface area (Å²) in [6, 6.07) is 17.2. The van der Waals surface area contributed by atoms with E-state index in [1.54, 1.807) is 26.2 Å². The minimum Gasteiger partial charge on any atom is -0.378 e. The van der Waals surface area contributed by atoms with Crippen molar-refractivity contribution in [1.82, 2.24) is 13.9 Å². The SMILES string of the molecule is CN(C)S(=O)(=O)N[C@H]1CCN(Cc2ccccc2)CC1COC1CCC(c2cccc(F)c2)CC1. The molecule has 1 N–H and O–H groups in total. The first-order valence-corrected chi connectivity index (χ1v) is 14.1. The zero-order valence-electron chi connectivity index (χ0n) is 20.8. The minimum atomic E-state index is -3.51. The summed E-state index contributed by atoms with van der Waals surface area (Å²) in [5.41, 5.74) is 2.33. The molecular formula is C27H38FN3O3S. The van der Waals surface area contributed by atoms with Crippen LogP contribution in [0.5, 0.6) is 0 Å². The van der Waals surface area contributed by atoms with Gasteiger partial charge in [0, 0.05) is 45.7 Å². The normalized spacial score (nSPS) is 26.2. The third-order valence-corrected chi connectivity index (χ3v) is 8.95. The number of nitrogens with one attached hydrogen (secondary N) is 1. The number of likely N-dealkylation sites (tertiary alicyclic amines) is 1. The van der Waals surface area contributed by atoms with Crippen LogP contribution in [-0.4, -0.2) is 63.6 Å². The molecule has 192 valence electrons. The van der Waals surface area contributed by atoms with Gasteiger partial charge < -0.3 is 4.74 Å². The van der Waals surface area contributed by atoms with E-state index in [2.05, 4.69) is 21.8 Å². The van der Waals surface area contributed by atoms with E-state index in [-0.39, 0.29) is 23.9 Å². The average Bonchev–Trinajstić information content (AvgIpc) is 2.85. The maximum Gasteiger partial charge on any atom is 0.279 e. The van der Waals surface area contributed by atoms with E-state index in [0.717, 1.165) is 57.3 Å². The Labute approximate surface area is 209 Å². The van der Waals surface area contributed by atoms with Gasteiger partial charge in [-0.05, 0) is 61.3 Å². The minimum absolute atomic E-state index is 0.0723. The maximum atomic E-state index is 13.6. The van der Waals surface area contributed by atoms with Crippen molar-refractivity contribution in [3.05, 3.63) is 71.5 Å². The van der Waals surface area contributed by atoms with Gasteiger partial charge in [0.25, 0.3) is 10.2 Å². The Hall–Kier alpha value is -1.84. The molecule has 2 aromatic rings. The molecule has 1 saturated heterocycles. The van der Waals surface area contributed by atoms with Crippen molar-refractivity contribution in [3.8, 4) is 0 Å². The molecule has 1 aliphatic carbocycles. The largest absolute Gasteiger partial charge is 0.378 e. The van der Waals surface area contributed by atoms with Crippen molar-refractivity contribution in [1.29, 1.82) is 0 Å². The van der Waals surface area contributed by atoms with Crippen LogP contribution in [0.1, 0.15) is 49.1 Å². The smallest absolute Gasteiger partial charge is 0.279 e. The van der Waals surface area contributed by atoms with E-state index in [1.807, 2.05) is 24.3 Å². The summed E-state index contributed by atoms with van der Waals surface area (Å²) in [4.78, 5) is 2.39. The van der Waals surface area contributed by atoms with E-state index in [9.17, 15) is 12.8 Å². The second-order valence-corrected chi connectivity index (χ2v) is 12.1. The predicted molar refractivity (Wildman–Crippen MR) is 137 cm³/mol. The highest BCUT2D eigenvalue weighted by molar-refractivity contribution is 7.87. The first-order valence-electron chi connectivity index (χ1n) is 12.6. The van der Waals surface area contributed by atoms with Crippen LogP contribution >= 0.6 is 0 Å². The molecule has 1 aliphatic heterocycles. The van der Waals surface area contributed by atoms with Crippen molar-refractivity contribution in [2.75, 3.05) is 33.8 Å². The van der Waals surface area contributed by atoms with Crippen LogP contribution in [0.15, 0.2) is 54.6 Å². The highest BCUT2D eigenvalue weighted by Crippen LogP contribution is 2.34. The molecule has 1 heterocycles. The molecular weight excluding hydrogens is 465 g/mol. The zero-order chi connectivity index (χ0) is 24.8. The highest BCUT2D eigenvalue weighted by atomic mass is 32.2. The Kier molecular flexibility index (Phi) is 8.94. The monoisotopic (exact) mass is 503 g/mol. The topological polar surface area (TPSA) is 61.9 Å². The van der Waals surface area contributed by atoms with Gasteiger partial charge in [-0.1, -0.05) is 42.5 Å². The molecule has 1 saturated carbocycles. The average molecular weight is 504 g/mol. The van der Waals surface area contributed by atoms with Crippen molar-refractivity contribution in [3.63, 3.8) is 0 Å². The number of nitrogens with zero attached hydrogens (tertiary/aromatic N) is 2. The van der Waals surface area contributed by atoms with Crippen LogP contribution in [-0.2, 0) is 21.5 Å². The summed E-state index contributed by atoms with van der Waals surface area (Å²) in [5, 5.41) is 0. The molecule has 0 spiro atoms. The molecule has 0 aromatic heterocycles. The lowest BCUT2D eigenvalue weighted by molar-refractivity contribution is -0.0180. The molecule has 6 nitrogen and oxygen atoms in total. The summed E-state index contributed by atoms with van der Waals surface area (Å²) < 4.78 is 49.2. The van der Waals surface area contributed by atoms with E-state index in [0.29, 0.717) is 12.5 Å². The van der Waals surface area contributed by atoms with Gasteiger partial charge in [0.15, 0.2) is 0 Å². The van der Waals surface area contributed by atoms with Gasteiger partial charge >= 0.3 is 0 Å². The highest BCUT2D eigenvalue weighted by Gasteiger charge is 2.34. The second-order valence-electron chi connectivity index (χ2n) is 10.1. The number of benzene rings is 2. The first-order chi connectivity index (χ1) is 16.8. The summed E-state index contributed by atoms with van der Waals surface area (Å²) in [5.74, 6) is 0.272. The number of piperidine rings is 1. The van der Waals surface area contributed by atoms with Crippen LogP contribution in [0.3, 0.4) is 0 Å². The third kappa shape index (κ3) is 7.33. The van der Waals surface area contributed by atoms with Gasteiger partial charge in [-0.3, -0.25) is 4.90 Å². The lowest BCUT2D eigenvalue weighted by atomic mass is 9.82. The Morgan fingerprint density at radius 2 is 1.77 bits per heavy atom. The van der Waals surface area contributed by atoms with Crippen molar-refractivity contribution >= 4 is 10.2 Å². The van der Waals surface area contributed by atoms with E-state index in [4.69, 9.17) is 4.74 Å². The summed E-state index contributed by atoms with van der Waals surface area (Å²) in [6.07, 6.45) is 4.76. The number of halogens is 1. The van der Waals surface area contributed by atoms with Crippen molar-refractivity contribution < 1.29 is 17.5 Å². The fourth-order valence-electron chi connectivity index (χ4n) is 5.30. The quantitative estimate of drug-likeness (QED) is 0.558. The number of ether oxygens (including phenoxy) is 1. The Bertz CT molecular complexity index is 1040. The second kappa shape index (κ2) is 11.9. The van der Waals surface area contributed by atoms with Crippen LogP contribution in [0.2, 0.25) is 0 Å². The van der Waals surface area contributed by atoms with Gasteiger partial charge in [-0.15, -0.1) is 0 Å². The molecule has 0 amide bonds. The molecule has 2 aliphatic rings. The van der Waals surface area contributed by atoms with Crippen LogP contribution in [0.25, 0.3) is 0 Å². The molecule has 0 radical (unpaired) electrons. The molecule has 35 heavy (non-hydrogen) atoms. The van der Waals surface area contributed by atoms with Gasteiger partial charge in [-0.2, -0.15) is 17.4 Å². The van der Waals surface area contributed by atoms with E-state index in [1.165, 1.54) is 15.9 Å². The Morgan fingerprint density at radius 3 is 2.46 bits per heavy atom. The Balaban J connectivity index is 1.35. The van der Waals surface area contributed by atoms with Crippen molar-refractivity contribution in [2.24, 2.45) is 5.92 Å². The van der Waals surface area contributed by atoms with Gasteiger partial charge in [-0.25, -0.2) is 4.39 Å². The summed E-state index contributed by atoms with van der Waals surface area (Å²) in [7, 11) is -0.411. The zero-order valence-corrected chi connectivity index (χ0v) is 21.6. The first kappa shape index (κ1) is 26.2.